The molecule has 0 spiro atoms. The van der Waals surface area contributed by atoms with Crippen LogP contribution in [0.15, 0.2) is 11.8 Å². The molecule has 1 heterocycles. The molecule has 0 radical (unpaired) electrons. The van der Waals surface area contributed by atoms with Crippen LogP contribution in [0.4, 0.5) is 0 Å². The number of morpholine rings is 1. The van der Waals surface area contributed by atoms with Crippen molar-refractivity contribution in [3.05, 3.63) is 11.8 Å². The van der Waals surface area contributed by atoms with Gasteiger partial charge in [0.05, 0.1) is 19.3 Å². The molecule has 0 saturated carbocycles. The van der Waals surface area contributed by atoms with Gasteiger partial charge in [-0.05, 0) is 19.3 Å². The van der Waals surface area contributed by atoms with Crippen molar-refractivity contribution < 1.29 is 4.74 Å². The Morgan fingerprint density at radius 2 is 2.43 bits per heavy atom. The van der Waals surface area contributed by atoms with Crippen LogP contribution in [-0.2, 0) is 4.74 Å². The highest BCUT2D eigenvalue weighted by atomic mass is 16.5. The van der Waals surface area contributed by atoms with Crippen LogP contribution in [-0.4, -0.2) is 30.7 Å². The summed E-state index contributed by atoms with van der Waals surface area (Å²) in [6.45, 7) is 5.23. The zero-order chi connectivity index (χ0) is 9.80. The largest absolute Gasteiger partial charge is 0.377 e. The summed E-state index contributed by atoms with van der Waals surface area (Å²) in [6.07, 6.45) is 8.88. The number of nitrogens with zero attached hydrogens (tertiary/aromatic N) is 1. The fourth-order valence-electron chi connectivity index (χ4n) is 2.25. The molecule has 0 amide bonds. The maximum absolute atomic E-state index is 5.56. The minimum atomic E-state index is 0.662. The van der Waals surface area contributed by atoms with Gasteiger partial charge < -0.3 is 9.64 Å². The Balaban J connectivity index is 1.89. The van der Waals surface area contributed by atoms with Gasteiger partial charge in [-0.2, -0.15) is 0 Å². The van der Waals surface area contributed by atoms with E-state index in [1.165, 1.54) is 32.1 Å². The highest BCUT2D eigenvalue weighted by Crippen LogP contribution is 2.27. The molecule has 0 aromatic carbocycles. The fraction of sp³-hybridized carbons (Fsp3) is 0.833. The lowest BCUT2D eigenvalue weighted by atomic mass is 10.00. The molecule has 1 unspecified atom stereocenters. The predicted molar refractivity (Wildman–Crippen MR) is 58.2 cm³/mol. The van der Waals surface area contributed by atoms with E-state index in [0.717, 1.165) is 19.8 Å². The Labute approximate surface area is 86.9 Å². The molecule has 0 aromatic rings. The van der Waals surface area contributed by atoms with E-state index in [1.54, 1.807) is 5.70 Å². The summed E-state index contributed by atoms with van der Waals surface area (Å²) in [7, 11) is 0. The van der Waals surface area contributed by atoms with Gasteiger partial charge in [0.25, 0.3) is 0 Å². The topological polar surface area (TPSA) is 12.5 Å². The first-order valence-electron chi connectivity index (χ1n) is 5.95. The van der Waals surface area contributed by atoms with E-state index >= 15 is 0 Å². The second-order valence-electron chi connectivity index (χ2n) is 4.30. The second kappa shape index (κ2) is 4.83. The van der Waals surface area contributed by atoms with Crippen LogP contribution in [0, 0.1) is 0 Å². The molecule has 0 aromatic heterocycles. The Kier molecular flexibility index (Phi) is 3.46. The van der Waals surface area contributed by atoms with Crippen molar-refractivity contribution in [2.24, 2.45) is 0 Å². The highest BCUT2D eigenvalue weighted by molar-refractivity contribution is 5.13. The summed E-state index contributed by atoms with van der Waals surface area (Å²) < 4.78 is 5.56. The van der Waals surface area contributed by atoms with Crippen LogP contribution in [0.25, 0.3) is 0 Å². The number of rotatable bonds is 4. The Morgan fingerprint density at radius 1 is 1.57 bits per heavy atom. The van der Waals surface area contributed by atoms with E-state index in [1.807, 2.05) is 0 Å². The van der Waals surface area contributed by atoms with Crippen LogP contribution in [0.3, 0.4) is 0 Å². The highest BCUT2D eigenvalue weighted by Gasteiger charge is 2.25. The normalized spacial score (nSPS) is 27.1. The van der Waals surface area contributed by atoms with Crippen LogP contribution in [0.5, 0.6) is 0 Å². The van der Waals surface area contributed by atoms with E-state index in [-0.39, 0.29) is 0 Å². The fourth-order valence-corrected chi connectivity index (χ4v) is 2.25. The molecule has 0 bridgehead atoms. The maximum atomic E-state index is 5.56. The van der Waals surface area contributed by atoms with Crippen molar-refractivity contribution >= 4 is 0 Å². The lowest BCUT2D eigenvalue weighted by Gasteiger charge is -2.41. The number of unbranched alkanes of at least 4 members (excludes halogenated alkanes) is 1. The Bertz CT molecular complexity index is 212. The minimum absolute atomic E-state index is 0.662. The van der Waals surface area contributed by atoms with Gasteiger partial charge in [-0.3, -0.25) is 0 Å². The molecule has 2 aliphatic rings. The smallest absolute Gasteiger partial charge is 0.0670 e. The molecule has 1 fully saturated rings. The molecule has 80 valence electrons. The quantitative estimate of drug-likeness (QED) is 0.683. The zero-order valence-corrected chi connectivity index (χ0v) is 9.17. The van der Waals surface area contributed by atoms with E-state index in [9.17, 15) is 0 Å². The first-order valence-corrected chi connectivity index (χ1v) is 5.95. The lowest BCUT2D eigenvalue weighted by molar-refractivity contribution is 0.00268. The van der Waals surface area contributed by atoms with Gasteiger partial charge in [-0.15, -0.1) is 0 Å². The third kappa shape index (κ3) is 2.11. The molecule has 2 heteroatoms. The van der Waals surface area contributed by atoms with Gasteiger partial charge in [0.2, 0.25) is 0 Å². The summed E-state index contributed by atoms with van der Waals surface area (Å²) in [5.41, 5.74) is 1.58. The van der Waals surface area contributed by atoms with E-state index in [4.69, 9.17) is 4.74 Å². The number of hydrogen-bond donors (Lipinski definition) is 0. The van der Waals surface area contributed by atoms with Crippen molar-refractivity contribution in [3.63, 3.8) is 0 Å². The molecular formula is C12H21NO. The van der Waals surface area contributed by atoms with Gasteiger partial charge in [0.15, 0.2) is 0 Å². The van der Waals surface area contributed by atoms with Crippen molar-refractivity contribution in [2.45, 2.75) is 45.1 Å². The van der Waals surface area contributed by atoms with Gasteiger partial charge >= 0.3 is 0 Å². The van der Waals surface area contributed by atoms with Crippen molar-refractivity contribution in [3.8, 4) is 0 Å². The first kappa shape index (κ1) is 10.0. The van der Waals surface area contributed by atoms with Gasteiger partial charge in [-0.1, -0.05) is 25.8 Å². The summed E-state index contributed by atoms with van der Waals surface area (Å²) >= 11 is 0. The van der Waals surface area contributed by atoms with Crippen LogP contribution < -0.4 is 0 Å². The molecule has 14 heavy (non-hydrogen) atoms. The van der Waals surface area contributed by atoms with Crippen LogP contribution in [0.1, 0.15) is 39.0 Å². The summed E-state index contributed by atoms with van der Waals surface area (Å²) in [4.78, 5) is 2.59. The number of allylic oxidation sites excluding steroid dienone is 2. The molecule has 0 N–H and O–H groups in total. The summed E-state index contributed by atoms with van der Waals surface area (Å²) in [5, 5.41) is 0. The van der Waals surface area contributed by atoms with Crippen molar-refractivity contribution in [2.75, 3.05) is 19.8 Å². The monoisotopic (exact) mass is 195 g/mol. The second-order valence-corrected chi connectivity index (χ2v) is 4.30. The predicted octanol–water partition coefficient (Wildman–Crippen LogP) is 2.56. The van der Waals surface area contributed by atoms with Crippen molar-refractivity contribution in [1.82, 2.24) is 4.90 Å². The standard InChI is InChI=1S/C12H21NO/c1-2-3-5-12-10-14-9-8-13(12)11-6-4-7-11/h6,12H,2-5,7-10H2,1H3. The Morgan fingerprint density at radius 3 is 3.07 bits per heavy atom. The maximum Gasteiger partial charge on any atom is 0.0670 e. The molecule has 1 saturated heterocycles. The average molecular weight is 195 g/mol. The molecule has 2 nitrogen and oxygen atoms in total. The van der Waals surface area contributed by atoms with Gasteiger partial charge in [0, 0.05) is 12.2 Å². The van der Waals surface area contributed by atoms with Gasteiger partial charge in [0.1, 0.15) is 0 Å². The number of ether oxygens (including phenoxy) is 1. The van der Waals surface area contributed by atoms with E-state index in [0.29, 0.717) is 6.04 Å². The third-order valence-corrected chi connectivity index (χ3v) is 3.27. The van der Waals surface area contributed by atoms with E-state index < -0.39 is 0 Å². The summed E-state index contributed by atoms with van der Waals surface area (Å²) in [6, 6.07) is 0.662. The lowest BCUT2D eigenvalue weighted by Crippen LogP contribution is -2.45. The Hall–Kier alpha value is -0.500. The zero-order valence-electron chi connectivity index (χ0n) is 9.17. The third-order valence-electron chi connectivity index (χ3n) is 3.27. The van der Waals surface area contributed by atoms with E-state index in [2.05, 4.69) is 17.9 Å². The van der Waals surface area contributed by atoms with Crippen LogP contribution >= 0.6 is 0 Å². The average Bonchev–Trinajstić information content (AvgIpc) is 2.14. The SMILES string of the molecule is CCCCC1COCCN1C1=CCC1. The molecule has 1 aliphatic heterocycles. The molecule has 1 aliphatic carbocycles. The van der Waals surface area contributed by atoms with Gasteiger partial charge in [-0.25, -0.2) is 0 Å². The molecule has 1 atom stereocenters. The summed E-state index contributed by atoms with van der Waals surface area (Å²) in [5.74, 6) is 0. The minimum Gasteiger partial charge on any atom is -0.377 e. The number of hydrogen-bond acceptors (Lipinski definition) is 2. The molecule has 2 rings (SSSR count). The molecular weight excluding hydrogens is 174 g/mol. The first-order chi connectivity index (χ1) is 6.92. The van der Waals surface area contributed by atoms with Crippen LogP contribution in [0.2, 0.25) is 0 Å². The van der Waals surface area contributed by atoms with Crippen molar-refractivity contribution in [1.29, 1.82) is 0 Å².